The fraction of sp³-hybridized carbons (Fsp3) is 0.455. The van der Waals surface area contributed by atoms with E-state index in [-0.39, 0.29) is 0 Å². The molecule has 1 aliphatic rings. The molecule has 5 heteroatoms. The van der Waals surface area contributed by atoms with Crippen molar-refractivity contribution in [3.8, 4) is 0 Å². The first kappa shape index (κ1) is 19.2. The Morgan fingerprint density at radius 1 is 1.19 bits per heavy atom. The van der Waals surface area contributed by atoms with E-state index < -0.39 is 0 Å². The van der Waals surface area contributed by atoms with Gasteiger partial charge in [-0.2, -0.15) is 0 Å². The van der Waals surface area contributed by atoms with Crippen molar-refractivity contribution in [3.63, 3.8) is 0 Å². The average Bonchev–Trinajstić information content (AvgIpc) is 2.72. The number of aromatic nitrogens is 1. The summed E-state index contributed by atoms with van der Waals surface area (Å²) >= 11 is 0. The lowest BCUT2D eigenvalue weighted by molar-refractivity contribution is 0.459. The summed E-state index contributed by atoms with van der Waals surface area (Å²) < 4.78 is 0. The van der Waals surface area contributed by atoms with E-state index in [4.69, 9.17) is 0 Å². The highest BCUT2D eigenvalue weighted by Gasteiger charge is 2.20. The summed E-state index contributed by atoms with van der Waals surface area (Å²) in [5, 5.41) is 7.07. The molecule has 27 heavy (non-hydrogen) atoms. The maximum absolute atomic E-state index is 4.46. The minimum absolute atomic E-state index is 0.440. The van der Waals surface area contributed by atoms with Gasteiger partial charge < -0.3 is 15.5 Å². The number of pyridine rings is 1. The fourth-order valence-electron chi connectivity index (χ4n) is 3.44. The molecule has 2 N–H and O–H groups in total. The van der Waals surface area contributed by atoms with Crippen molar-refractivity contribution in [1.29, 1.82) is 0 Å². The van der Waals surface area contributed by atoms with Gasteiger partial charge >= 0.3 is 0 Å². The molecule has 0 aliphatic carbocycles. The van der Waals surface area contributed by atoms with Crippen molar-refractivity contribution in [1.82, 2.24) is 15.6 Å². The number of anilines is 1. The third-order valence-electron chi connectivity index (χ3n) is 5.25. The van der Waals surface area contributed by atoms with Gasteiger partial charge in [-0.25, -0.2) is 4.98 Å². The highest BCUT2D eigenvalue weighted by Crippen LogP contribution is 2.17. The van der Waals surface area contributed by atoms with Crippen molar-refractivity contribution in [3.05, 3.63) is 59.8 Å². The zero-order chi connectivity index (χ0) is 19.1. The van der Waals surface area contributed by atoms with Gasteiger partial charge in [0.1, 0.15) is 5.82 Å². The maximum Gasteiger partial charge on any atom is 0.191 e. The number of hydrogen-bond acceptors (Lipinski definition) is 3. The van der Waals surface area contributed by atoms with Crippen LogP contribution in [0.2, 0.25) is 0 Å². The van der Waals surface area contributed by atoms with E-state index in [9.17, 15) is 0 Å². The molecular formula is C22H31N5. The first-order valence-corrected chi connectivity index (χ1v) is 9.85. The van der Waals surface area contributed by atoms with Crippen LogP contribution < -0.4 is 15.5 Å². The molecule has 0 saturated carbocycles. The topological polar surface area (TPSA) is 52.6 Å². The second-order valence-corrected chi connectivity index (χ2v) is 7.36. The molecule has 5 nitrogen and oxygen atoms in total. The van der Waals surface area contributed by atoms with Gasteiger partial charge in [0.2, 0.25) is 0 Å². The number of hydrogen-bond donors (Lipinski definition) is 2. The van der Waals surface area contributed by atoms with Crippen LogP contribution in [0.1, 0.15) is 36.8 Å². The minimum Gasteiger partial charge on any atom is -0.356 e. The maximum atomic E-state index is 4.46. The quantitative estimate of drug-likeness (QED) is 0.630. The molecule has 2 aromatic rings. The second-order valence-electron chi connectivity index (χ2n) is 7.36. The van der Waals surface area contributed by atoms with Gasteiger partial charge in [0.05, 0.1) is 0 Å². The third kappa shape index (κ3) is 5.46. The zero-order valence-electron chi connectivity index (χ0n) is 16.7. The van der Waals surface area contributed by atoms with Crippen LogP contribution in [-0.4, -0.2) is 43.7 Å². The number of piperidine rings is 1. The number of nitrogens with one attached hydrogen (secondary N) is 2. The largest absolute Gasteiger partial charge is 0.356 e. The lowest BCUT2D eigenvalue weighted by atomic mass is 10.00. The second kappa shape index (κ2) is 9.40. The van der Waals surface area contributed by atoms with Gasteiger partial charge in [-0.3, -0.25) is 4.99 Å². The predicted octanol–water partition coefficient (Wildman–Crippen LogP) is 3.33. The molecule has 0 radical (unpaired) electrons. The molecule has 1 saturated heterocycles. The van der Waals surface area contributed by atoms with Crippen molar-refractivity contribution in [2.24, 2.45) is 4.99 Å². The van der Waals surface area contributed by atoms with E-state index in [0.717, 1.165) is 44.3 Å². The molecule has 3 rings (SSSR count). The van der Waals surface area contributed by atoms with Crippen LogP contribution in [0.4, 0.5) is 5.82 Å². The molecule has 1 aliphatic heterocycles. The summed E-state index contributed by atoms with van der Waals surface area (Å²) in [4.78, 5) is 11.2. The van der Waals surface area contributed by atoms with Crippen LogP contribution in [0, 0.1) is 6.92 Å². The molecule has 1 fully saturated rings. The number of benzene rings is 1. The Kier molecular flexibility index (Phi) is 6.69. The van der Waals surface area contributed by atoms with Crippen LogP contribution in [0.25, 0.3) is 0 Å². The Hall–Kier alpha value is -2.56. The zero-order valence-corrected chi connectivity index (χ0v) is 16.7. The number of nitrogens with zero attached hydrogens (tertiary/aromatic N) is 3. The van der Waals surface area contributed by atoms with E-state index in [1.165, 1.54) is 11.1 Å². The van der Waals surface area contributed by atoms with Gasteiger partial charge in [0.15, 0.2) is 5.96 Å². The van der Waals surface area contributed by atoms with Gasteiger partial charge in [0, 0.05) is 38.9 Å². The normalized spacial score (nSPS) is 16.9. The van der Waals surface area contributed by atoms with Gasteiger partial charge in [0.25, 0.3) is 0 Å². The Morgan fingerprint density at radius 2 is 1.93 bits per heavy atom. The molecule has 2 heterocycles. The fourth-order valence-corrected chi connectivity index (χ4v) is 3.44. The van der Waals surface area contributed by atoms with Gasteiger partial charge in [-0.15, -0.1) is 0 Å². The number of guanidine groups is 1. The Bertz CT molecular complexity index is 718. The van der Waals surface area contributed by atoms with E-state index in [0.29, 0.717) is 12.0 Å². The molecule has 1 unspecified atom stereocenters. The summed E-state index contributed by atoms with van der Waals surface area (Å²) in [5.41, 5.74) is 2.65. The summed E-state index contributed by atoms with van der Waals surface area (Å²) in [6.07, 6.45) is 4.04. The number of rotatable bonds is 5. The lowest BCUT2D eigenvalue weighted by Gasteiger charge is -2.33. The van der Waals surface area contributed by atoms with Crippen LogP contribution in [-0.2, 0) is 0 Å². The van der Waals surface area contributed by atoms with Crippen LogP contribution in [0.5, 0.6) is 0 Å². The van der Waals surface area contributed by atoms with Gasteiger partial charge in [-0.1, -0.05) is 42.8 Å². The molecular weight excluding hydrogens is 334 g/mol. The Balaban J connectivity index is 1.45. The highest BCUT2D eigenvalue weighted by molar-refractivity contribution is 5.80. The SMILES string of the molecule is CN=C(NCC(C)c1ccc(C)cc1)NC1CCN(c2ccccn2)CC1. The Labute approximate surface area is 162 Å². The van der Waals surface area contributed by atoms with Crippen LogP contribution in [0.3, 0.4) is 0 Å². The summed E-state index contributed by atoms with van der Waals surface area (Å²) in [7, 11) is 1.84. The molecule has 144 valence electrons. The molecule has 1 aromatic heterocycles. The van der Waals surface area contributed by atoms with E-state index in [1.807, 2.05) is 25.4 Å². The molecule has 1 aromatic carbocycles. The van der Waals surface area contributed by atoms with Crippen molar-refractivity contribution in [2.75, 3.05) is 31.6 Å². The lowest BCUT2D eigenvalue weighted by Crippen LogP contribution is -2.49. The summed E-state index contributed by atoms with van der Waals surface area (Å²) in [6.45, 7) is 7.28. The molecule has 1 atom stereocenters. The van der Waals surface area contributed by atoms with E-state index in [1.54, 1.807) is 0 Å². The van der Waals surface area contributed by atoms with E-state index in [2.05, 4.69) is 69.7 Å². The third-order valence-corrected chi connectivity index (χ3v) is 5.25. The summed E-state index contributed by atoms with van der Waals surface area (Å²) in [5.74, 6) is 2.41. The standard InChI is InChI=1S/C22H31N5/c1-17-7-9-19(10-8-17)18(2)16-25-22(23-3)26-20-11-14-27(15-12-20)21-6-4-5-13-24-21/h4-10,13,18,20H,11-12,14-16H2,1-3H3,(H2,23,25,26). The number of aryl methyl sites for hydroxylation is 1. The predicted molar refractivity (Wildman–Crippen MR) is 114 cm³/mol. The van der Waals surface area contributed by atoms with Gasteiger partial charge in [-0.05, 0) is 43.4 Å². The summed E-state index contributed by atoms with van der Waals surface area (Å²) in [6, 6.07) is 15.3. The monoisotopic (exact) mass is 365 g/mol. The molecule has 0 spiro atoms. The first-order chi connectivity index (χ1) is 13.2. The Morgan fingerprint density at radius 3 is 2.56 bits per heavy atom. The molecule has 0 amide bonds. The van der Waals surface area contributed by atoms with Crippen molar-refractivity contribution >= 4 is 11.8 Å². The van der Waals surface area contributed by atoms with Crippen molar-refractivity contribution < 1.29 is 0 Å². The first-order valence-electron chi connectivity index (χ1n) is 9.85. The minimum atomic E-state index is 0.440. The highest BCUT2D eigenvalue weighted by atomic mass is 15.2. The van der Waals surface area contributed by atoms with Crippen molar-refractivity contribution in [2.45, 2.75) is 38.6 Å². The van der Waals surface area contributed by atoms with Crippen LogP contribution >= 0.6 is 0 Å². The average molecular weight is 366 g/mol. The van der Waals surface area contributed by atoms with E-state index >= 15 is 0 Å². The molecule has 0 bridgehead atoms. The number of aliphatic imine (C=N–C) groups is 1. The smallest absolute Gasteiger partial charge is 0.191 e. The van der Waals surface area contributed by atoms with Crippen LogP contribution in [0.15, 0.2) is 53.7 Å².